The Balaban J connectivity index is 1.74. The molecule has 0 atom stereocenters. The quantitative estimate of drug-likeness (QED) is 0.548. The maximum absolute atomic E-state index is 12.7. The topological polar surface area (TPSA) is 93.7 Å². The molecule has 0 bridgehead atoms. The summed E-state index contributed by atoms with van der Waals surface area (Å²) in [6.07, 6.45) is 0. The highest BCUT2D eigenvalue weighted by molar-refractivity contribution is 6.10. The number of hydrogen-bond donors (Lipinski definition) is 2. The number of carbonyl (C=O) groups excluding carboxylic acids is 3. The average Bonchev–Trinajstić information content (AvgIpc) is 2.82. The summed E-state index contributed by atoms with van der Waals surface area (Å²) >= 11 is 0. The SMILES string of the molecule is CNC(=O)COc1ccc(C(=O)Nc2cccc(C(=O)c3ccccc3)c2)cc1OC. The number of anilines is 1. The minimum atomic E-state index is -0.375. The molecular formula is C24H22N2O5. The van der Waals surface area contributed by atoms with E-state index in [0.29, 0.717) is 33.9 Å². The minimum Gasteiger partial charge on any atom is -0.493 e. The summed E-state index contributed by atoms with van der Waals surface area (Å²) in [5.41, 5.74) is 1.87. The van der Waals surface area contributed by atoms with Gasteiger partial charge in [0.15, 0.2) is 23.9 Å². The van der Waals surface area contributed by atoms with Gasteiger partial charge < -0.3 is 20.1 Å². The lowest BCUT2D eigenvalue weighted by Gasteiger charge is -2.12. The smallest absolute Gasteiger partial charge is 0.257 e. The number of benzene rings is 3. The summed E-state index contributed by atoms with van der Waals surface area (Å²) in [5.74, 6) is -0.118. The summed E-state index contributed by atoms with van der Waals surface area (Å²) in [4.78, 5) is 36.7. The highest BCUT2D eigenvalue weighted by Crippen LogP contribution is 2.28. The molecule has 31 heavy (non-hydrogen) atoms. The Kier molecular flexibility index (Phi) is 7.01. The van der Waals surface area contributed by atoms with Gasteiger partial charge in [0, 0.05) is 29.4 Å². The summed E-state index contributed by atoms with van der Waals surface area (Å²) in [6.45, 7) is -0.166. The van der Waals surface area contributed by atoms with Crippen LogP contribution in [-0.4, -0.2) is 38.4 Å². The first-order valence-corrected chi connectivity index (χ1v) is 9.54. The highest BCUT2D eigenvalue weighted by atomic mass is 16.5. The van der Waals surface area contributed by atoms with E-state index in [1.807, 2.05) is 6.07 Å². The first-order chi connectivity index (χ1) is 15.0. The molecule has 158 valence electrons. The van der Waals surface area contributed by atoms with E-state index in [1.165, 1.54) is 20.2 Å². The molecule has 0 aromatic heterocycles. The van der Waals surface area contributed by atoms with Crippen molar-refractivity contribution >= 4 is 23.3 Å². The molecule has 3 aromatic carbocycles. The molecule has 2 N–H and O–H groups in total. The molecule has 0 spiro atoms. The molecule has 0 aliphatic carbocycles. The fraction of sp³-hybridized carbons (Fsp3) is 0.125. The van der Waals surface area contributed by atoms with Crippen LogP contribution in [0.2, 0.25) is 0 Å². The van der Waals surface area contributed by atoms with Crippen LogP contribution < -0.4 is 20.1 Å². The van der Waals surface area contributed by atoms with Crippen LogP contribution in [0.15, 0.2) is 72.8 Å². The molecule has 0 saturated carbocycles. The molecule has 2 amide bonds. The van der Waals surface area contributed by atoms with E-state index >= 15 is 0 Å². The number of amides is 2. The van der Waals surface area contributed by atoms with Crippen molar-refractivity contribution in [3.8, 4) is 11.5 Å². The molecule has 0 radical (unpaired) electrons. The zero-order chi connectivity index (χ0) is 22.2. The number of likely N-dealkylation sites (N-methyl/N-ethyl adjacent to an activating group) is 1. The van der Waals surface area contributed by atoms with Crippen molar-refractivity contribution < 1.29 is 23.9 Å². The largest absolute Gasteiger partial charge is 0.493 e. The van der Waals surface area contributed by atoms with E-state index in [1.54, 1.807) is 60.7 Å². The van der Waals surface area contributed by atoms with Crippen LogP contribution in [-0.2, 0) is 4.79 Å². The molecule has 7 heteroatoms. The van der Waals surface area contributed by atoms with E-state index < -0.39 is 0 Å². The number of ether oxygens (including phenoxy) is 2. The second-order valence-electron chi connectivity index (χ2n) is 6.56. The third-order valence-corrected chi connectivity index (χ3v) is 4.48. The first kappa shape index (κ1) is 21.6. The summed E-state index contributed by atoms with van der Waals surface area (Å²) in [7, 11) is 2.96. The van der Waals surface area contributed by atoms with Gasteiger partial charge in [-0.3, -0.25) is 14.4 Å². The Morgan fingerprint density at radius 1 is 0.806 bits per heavy atom. The van der Waals surface area contributed by atoms with Crippen molar-refractivity contribution in [1.82, 2.24) is 5.32 Å². The maximum atomic E-state index is 12.7. The van der Waals surface area contributed by atoms with Crippen LogP contribution >= 0.6 is 0 Å². The molecule has 0 heterocycles. The molecule has 0 aliphatic heterocycles. The highest BCUT2D eigenvalue weighted by Gasteiger charge is 2.14. The maximum Gasteiger partial charge on any atom is 0.257 e. The van der Waals surface area contributed by atoms with E-state index in [9.17, 15) is 14.4 Å². The van der Waals surface area contributed by atoms with Crippen LogP contribution in [0, 0.1) is 0 Å². The average molecular weight is 418 g/mol. The van der Waals surface area contributed by atoms with Gasteiger partial charge in [0.25, 0.3) is 11.8 Å². The number of nitrogens with one attached hydrogen (secondary N) is 2. The van der Waals surface area contributed by atoms with E-state index in [-0.39, 0.29) is 24.2 Å². The normalized spacial score (nSPS) is 10.1. The lowest BCUT2D eigenvalue weighted by molar-refractivity contribution is -0.122. The van der Waals surface area contributed by atoms with Crippen molar-refractivity contribution in [2.75, 3.05) is 26.1 Å². The molecule has 3 aromatic rings. The Bertz CT molecular complexity index is 1100. The van der Waals surface area contributed by atoms with Crippen molar-refractivity contribution in [2.24, 2.45) is 0 Å². The van der Waals surface area contributed by atoms with Crippen LogP contribution in [0.25, 0.3) is 0 Å². The zero-order valence-corrected chi connectivity index (χ0v) is 17.2. The second-order valence-corrected chi connectivity index (χ2v) is 6.56. The van der Waals surface area contributed by atoms with Crippen LogP contribution in [0.1, 0.15) is 26.3 Å². The number of methoxy groups -OCH3 is 1. The third-order valence-electron chi connectivity index (χ3n) is 4.48. The molecule has 7 nitrogen and oxygen atoms in total. The minimum absolute atomic E-state index is 0.129. The Labute approximate surface area is 180 Å². The molecule has 0 saturated heterocycles. The van der Waals surface area contributed by atoms with E-state index in [2.05, 4.69) is 10.6 Å². The predicted octanol–water partition coefficient (Wildman–Crippen LogP) is 3.30. The van der Waals surface area contributed by atoms with Crippen LogP contribution in [0.3, 0.4) is 0 Å². The Hall–Kier alpha value is -4.13. The van der Waals surface area contributed by atoms with Gasteiger partial charge in [-0.15, -0.1) is 0 Å². The second kappa shape index (κ2) is 10.1. The van der Waals surface area contributed by atoms with Gasteiger partial charge in [-0.2, -0.15) is 0 Å². The number of ketones is 1. The van der Waals surface area contributed by atoms with Gasteiger partial charge >= 0.3 is 0 Å². The standard InChI is InChI=1S/C24H22N2O5/c1-25-22(27)15-31-20-12-11-18(14-21(20)30-2)24(29)26-19-10-6-9-17(13-19)23(28)16-7-4-3-5-8-16/h3-14H,15H2,1-2H3,(H,25,27)(H,26,29). The van der Waals surface area contributed by atoms with Crippen molar-refractivity contribution in [3.63, 3.8) is 0 Å². The Morgan fingerprint density at radius 2 is 1.55 bits per heavy atom. The number of carbonyl (C=O) groups is 3. The van der Waals surface area contributed by atoms with Gasteiger partial charge in [-0.05, 0) is 30.3 Å². The van der Waals surface area contributed by atoms with Crippen molar-refractivity contribution in [3.05, 3.63) is 89.5 Å². The van der Waals surface area contributed by atoms with Gasteiger partial charge in [-0.25, -0.2) is 0 Å². The lowest BCUT2D eigenvalue weighted by Crippen LogP contribution is -2.25. The van der Waals surface area contributed by atoms with Crippen LogP contribution in [0.4, 0.5) is 5.69 Å². The predicted molar refractivity (Wildman–Crippen MR) is 117 cm³/mol. The molecular weight excluding hydrogens is 396 g/mol. The lowest BCUT2D eigenvalue weighted by atomic mass is 10.0. The summed E-state index contributed by atoms with van der Waals surface area (Å²) in [6, 6.07) is 20.3. The monoisotopic (exact) mass is 418 g/mol. The fourth-order valence-corrected chi connectivity index (χ4v) is 2.84. The summed E-state index contributed by atoms with van der Waals surface area (Å²) in [5, 5.41) is 5.24. The van der Waals surface area contributed by atoms with E-state index in [0.717, 1.165) is 0 Å². The van der Waals surface area contributed by atoms with Gasteiger partial charge in [0.05, 0.1) is 7.11 Å². The Morgan fingerprint density at radius 3 is 2.26 bits per heavy atom. The molecule has 0 unspecified atom stereocenters. The van der Waals surface area contributed by atoms with Crippen LogP contribution in [0.5, 0.6) is 11.5 Å². The molecule has 0 fully saturated rings. The molecule has 3 rings (SSSR count). The third kappa shape index (κ3) is 5.48. The van der Waals surface area contributed by atoms with Crippen molar-refractivity contribution in [2.45, 2.75) is 0 Å². The zero-order valence-electron chi connectivity index (χ0n) is 17.2. The number of hydrogen-bond acceptors (Lipinski definition) is 5. The van der Waals surface area contributed by atoms with Crippen molar-refractivity contribution in [1.29, 1.82) is 0 Å². The molecule has 0 aliphatic rings. The van der Waals surface area contributed by atoms with Gasteiger partial charge in [0.1, 0.15) is 0 Å². The number of rotatable bonds is 8. The summed E-state index contributed by atoms with van der Waals surface area (Å²) < 4.78 is 10.7. The van der Waals surface area contributed by atoms with Gasteiger partial charge in [-0.1, -0.05) is 42.5 Å². The first-order valence-electron chi connectivity index (χ1n) is 9.54. The van der Waals surface area contributed by atoms with E-state index in [4.69, 9.17) is 9.47 Å². The fourth-order valence-electron chi connectivity index (χ4n) is 2.84. The van der Waals surface area contributed by atoms with Gasteiger partial charge in [0.2, 0.25) is 0 Å².